The second-order valence-electron chi connectivity index (χ2n) is 5.57. The van der Waals surface area contributed by atoms with Gasteiger partial charge in [0.05, 0.1) is 29.3 Å². The molecule has 1 aliphatic rings. The number of hydrogen-bond donors (Lipinski definition) is 2. The lowest BCUT2D eigenvalue weighted by Gasteiger charge is -2.24. The molecule has 0 bridgehead atoms. The predicted molar refractivity (Wildman–Crippen MR) is 82.8 cm³/mol. The minimum Gasteiger partial charge on any atom is -0.341 e. The van der Waals surface area contributed by atoms with Crippen LogP contribution in [0.15, 0.2) is 42.6 Å². The van der Waals surface area contributed by atoms with Crippen LogP contribution < -0.4 is 5.32 Å². The van der Waals surface area contributed by atoms with E-state index < -0.39 is 0 Å². The Hall–Kier alpha value is -2.20. The Morgan fingerprint density at radius 1 is 1.19 bits per heavy atom. The molecule has 3 aromatic rings. The highest BCUT2D eigenvalue weighted by atomic mass is 15.0. The highest BCUT2D eigenvalue weighted by Gasteiger charge is 2.20. The van der Waals surface area contributed by atoms with Gasteiger partial charge in [0.2, 0.25) is 0 Å². The first-order valence-electron chi connectivity index (χ1n) is 7.51. The number of imidazole rings is 1. The zero-order chi connectivity index (χ0) is 14.1. The maximum atomic E-state index is 4.61. The van der Waals surface area contributed by atoms with E-state index in [4.69, 9.17) is 0 Å². The zero-order valence-electron chi connectivity index (χ0n) is 11.8. The third-order valence-electron chi connectivity index (χ3n) is 4.15. The van der Waals surface area contributed by atoms with Gasteiger partial charge in [0.25, 0.3) is 0 Å². The average molecular weight is 278 g/mol. The van der Waals surface area contributed by atoms with E-state index in [2.05, 4.69) is 32.4 Å². The number of rotatable bonds is 3. The third-order valence-corrected chi connectivity index (χ3v) is 4.15. The molecule has 1 aromatic carbocycles. The van der Waals surface area contributed by atoms with Crippen molar-refractivity contribution in [1.82, 2.24) is 20.3 Å². The van der Waals surface area contributed by atoms with Crippen molar-refractivity contribution in [3.05, 3.63) is 59.7 Å². The summed E-state index contributed by atoms with van der Waals surface area (Å²) in [4.78, 5) is 12.5. The van der Waals surface area contributed by atoms with Crippen LogP contribution in [0, 0.1) is 0 Å². The summed E-state index contributed by atoms with van der Waals surface area (Å²) < 4.78 is 0. The molecule has 0 aliphatic heterocycles. The summed E-state index contributed by atoms with van der Waals surface area (Å²) in [6.07, 6.45) is 5.40. The molecule has 21 heavy (non-hydrogen) atoms. The number of pyridine rings is 1. The monoisotopic (exact) mass is 278 g/mol. The van der Waals surface area contributed by atoms with Gasteiger partial charge in [-0.25, -0.2) is 4.98 Å². The van der Waals surface area contributed by atoms with Crippen LogP contribution in [-0.2, 0) is 13.0 Å². The molecule has 2 heterocycles. The molecule has 4 heteroatoms. The smallest absolute Gasteiger partial charge is 0.121 e. The van der Waals surface area contributed by atoms with Crippen molar-refractivity contribution in [3.63, 3.8) is 0 Å². The van der Waals surface area contributed by atoms with E-state index in [9.17, 15) is 0 Å². The summed E-state index contributed by atoms with van der Waals surface area (Å²) in [5.74, 6) is 0.985. The normalized spacial score (nSPS) is 17.8. The average Bonchev–Trinajstić information content (AvgIpc) is 2.96. The van der Waals surface area contributed by atoms with E-state index in [0.29, 0.717) is 6.04 Å². The number of fused-ring (bicyclic) bond motifs is 2. The minimum atomic E-state index is 0.336. The summed E-state index contributed by atoms with van der Waals surface area (Å²) in [6.45, 7) is 0.745. The Morgan fingerprint density at radius 2 is 2.14 bits per heavy atom. The molecule has 0 saturated heterocycles. The zero-order valence-corrected chi connectivity index (χ0v) is 11.8. The number of nitrogens with zero attached hydrogens (tertiary/aromatic N) is 2. The highest BCUT2D eigenvalue weighted by Crippen LogP contribution is 2.27. The molecular formula is C17H18N4. The second kappa shape index (κ2) is 5.30. The molecule has 0 spiro atoms. The van der Waals surface area contributed by atoms with Gasteiger partial charge in [0.1, 0.15) is 5.82 Å². The van der Waals surface area contributed by atoms with Crippen molar-refractivity contribution in [2.75, 3.05) is 0 Å². The number of benzene rings is 1. The van der Waals surface area contributed by atoms with Crippen LogP contribution in [0.3, 0.4) is 0 Å². The molecule has 0 radical (unpaired) electrons. The molecule has 106 valence electrons. The summed E-state index contributed by atoms with van der Waals surface area (Å²) in [5, 5.41) is 3.60. The summed E-state index contributed by atoms with van der Waals surface area (Å²) in [5.41, 5.74) is 4.71. The predicted octanol–water partition coefficient (Wildman–Crippen LogP) is 3.13. The Kier molecular flexibility index (Phi) is 3.16. The van der Waals surface area contributed by atoms with Crippen LogP contribution >= 0.6 is 0 Å². The lowest BCUT2D eigenvalue weighted by molar-refractivity contribution is 0.443. The first-order chi connectivity index (χ1) is 10.4. The Balaban J connectivity index is 1.52. The SMILES string of the molecule is c1cnc2c(c1)CCC[C@H]2NCc1nc2ccccc2[nH]1. The van der Waals surface area contributed by atoms with Gasteiger partial charge in [-0.3, -0.25) is 4.98 Å². The van der Waals surface area contributed by atoms with Crippen molar-refractivity contribution >= 4 is 11.0 Å². The van der Waals surface area contributed by atoms with Gasteiger partial charge in [0.15, 0.2) is 0 Å². The molecule has 4 nitrogen and oxygen atoms in total. The lowest BCUT2D eigenvalue weighted by atomic mass is 9.92. The fourth-order valence-electron chi connectivity index (χ4n) is 3.12. The van der Waals surface area contributed by atoms with E-state index in [-0.39, 0.29) is 0 Å². The van der Waals surface area contributed by atoms with Crippen LogP contribution in [0.2, 0.25) is 0 Å². The number of hydrogen-bond acceptors (Lipinski definition) is 3. The molecule has 0 unspecified atom stereocenters. The molecule has 1 aliphatic carbocycles. The maximum absolute atomic E-state index is 4.61. The Bertz CT molecular complexity index is 729. The molecule has 0 amide bonds. The quantitative estimate of drug-likeness (QED) is 0.774. The molecule has 0 fully saturated rings. The minimum absolute atomic E-state index is 0.336. The van der Waals surface area contributed by atoms with E-state index in [1.54, 1.807) is 0 Å². The largest absolute Gasteiger partial charge is 0.341 e. The van der Waals surface area contributed by atoms with E-state index in [0.717, 1.165) is 36.2 Å². The van der Waals surface area contributed by atoms with Crippen LogP contribution in [-0.4, -0.2) is 15.0 Å². The van der Waals surface area contributed by atoms with Gasteiger partial charge in [-0.05, 0) is 43.0 Å². The van der Waals surface area contributed by atoms with Gasteiger partial charge in [-0.15, -0.1) is 0 Å². The standard InChI is InChI=1S/C17H18N4/c1-2-8-14-13(7-1)20-16(21-14)11-19-15-9-3-5-12-6-4-10-18-17(12)15/h1-2,4,6-8,10,15,19H,3,5,9,11H2,(H,20,21)/t15-/m1/s1. The molecular weight excluding hydrogens is 260 g/mol. The Morgan fingerprint density at radius 3 is 3.10 bits per heavy atom. The van der Waals surface area contributed by atoms with E-state index in [1.165, 1.54) is 17.7 Å². The Labute approximate surface area is 123 Å². The number of para-hydroxylation sites is 2. The molecule has 4 rings (SSSR count). The maximum Gasteiger partial charge on any atom is 0.121 e. The number of nitrogens with one attached hydrogen (secondary N) is 2. The van der Waals surface area contributed by atoms with Gasteiger partial charge in [-0.2, -0.15) is 0 Å². The van der Waals surface area contributed by atoms with Crippen molar-refractivity contribution in [3.8, 4) is 0 Å². The number of aromatic nitrogens is 3. The molecule has 2 N–H and O–H groups in total. The van der Waals surface area contributed by atoms with Gasteiger partial charge in [-0.1, -0.05) is 18.2 Å². The first-order valence-corrected chi connectivity index (χ1v) is 7.51. The van der Waals surface area contributed by atoms with Crippen molar-refractivity contribution < 1.29 is 0 Å². The van der Waals surface area contributed by atoms with Crippen molar-refractivity contribution in [1.29, 1.82) is 0 Å². The van der Waals surface area contributed by atoms with Crippen LogP contribution in [0.5, 0.6) is 0 Å². The summed E-state index contributed by atoms with van der Waals surface area (Å²) in [7, 11) is 0. The van der Waals surface area contributed by atoms with Crippen LogP contribution in [0.25, 0.3) is 11.0 Å². The van der Waals surface area contributed by atoms with Gasteiger partial charge >= 0.3 is 0 Å². The third kappa shape index (κ3) is 2.43. The number of aryl methyl sites for hydroxylation is 1. The first kappa shape index (κ1) is 12.5. The van der Waals surface area contributed by atoms with Crippen LogP contribution in [0.4, 0.5) is 0 Å². The fourth-order valence-corrected chi connectivity index (χ4v) is 3.12. The number of aromatic amines is 1. The van der Waals surface area contributed by atoms with Gasteiger partial charge in [0, 0.05) is 6.20 Å². The van der Waals surface area contributed by atoms with E-state index >= 15 is 0 Å². The second-order valence-corrected chi connectivity index (χ2v) is 5.57. The number of H-pyrrole nitrogens is 1. The van der Waals surface area contributed by atoms with E-state index in [1.807, 2.05) is 30.5 Å². The fraction of sp³-hybridized carbons (Fsp3) is 0.294. The summed E-state index contributed by atoms with van der Waals surface area (Å²) in [6, 6.07) is 12.7. The van der Waals surface area contributed by atoms with Crippen LogP contribution in [0.1, 0.15) is 36.0 Å². The molecule has 1 atom stereocenters. The highest BCUT2D eigenvalue weighted by molar-refractivity contribution is 5.74. The molecule has 2 aromatic heterocycles. The summed E-state index contributed by atoms with van der Waals surface area (Å²) >= 11 is 0. The topological polar surface area (TPSA) is 53.6 Å². The van der Waals surface area contributed by atoms with Gasteiger partial charge < -0.3 is 10.3 Å². The van der Waals surface area contributed by atoms with Crippen molar-refractivity contribution in [2.45, 2.75) is 31.8 Å². The lowest BCUT2D eigenvalue weighted by Crippen LogP contribution is -2.26. The molecule has 0 saturated carbocycles. The van der Waals surface area contributed by atoms with Crippen molar-refractivity contribution in [2.24, 2.45) is 0 Å².